The van der Waals surface area contributed by atoms with Gasteiger partial charge in [-0.05, 0) is 26.7 Å². The van der Waals surface area contributed by atoms with Gasteiger partial charge in [0.05, 0.1) is 13.2 Å². The zero-order valence-corrected chi connectivity index (χ0v) is 13.3. The van der Waals surface area contributed by atoms with Crippen LogP contribution in [0.1, 0.15) is 40.5 Å². The van der Waals surface area contributed by atoms with Crippen molar-refractivity contribution in [2.24, 2.45) is 10.8 Å². The second-order valence-electron chi connectivity index (χ2n) is 5.24. The van der Waals surface area contributed by atoms with E-state index in [1.54, 1.807) is 27.7 Å². The van der Waals surface area contributed by atoms with Crippen molar-refractivity contribution in [1.82, 2.24) is 5.32 Å². The zero-order valence-electron chi connectivity index (χ0n) is 13.3. The summed E-state index contributed by atoms with van der Waals surface area (Å²) in [6.45, 7) is 7.70. The predicted octanol–water partition coefficient (Wildman–Crippen LogP) is 1.08. The molecule has 1 aliphatic heterocycles. The number of hydrogen-bond acceptors (Lipinski definition) is 6. The molecule has 0 unspecified atom stereocenters. The Morgan fingerprint density at radius 1 is 0.952 bits per heavy atom. The largest absolute Gasteiger partial charge is 0.465 e. The molecule has 6 heteroatoms. The number of carbonyl (C=O) groups excluding carboxylic acids is 3. The van der Waals surface area contributed by atoms with Crippen molar-refractivity contribution < 1.29 is 23.9 Å². The molecule has 1 saturated heterocycles. The van der Waals surface area contributed by atoms with E-state index < -0.39 is 22.8 Å². The molecule has 6 nitrogen and oxygen atoms in total. The highest BCUT2D eigenvalue weighted by molar-refractivity contribution is 6.15. The molecule has 1 aliphatic rings. The Hall–Kier alpha value is -1.43. The molecule has 0 aromatic carbocycles. The van der Waals surface area contributed by atoms with Gasteiger partial charge < -0.3 is 14.8 Å². The molecule has 0 aromatic rings. The van der Waals surface area contributed by atoms with Crippen molar-refractivity contribution in [3.63, 3.8) is 0 Å². The van der Waals surface area contributed by atoms with Gasteiger partial charge in [-0.25, -0.2) is 0 Å². The van der Waals surface area contributed by atoms with Crippen LogP contribution in [-0.4, -0.2) is 44.0 Å². The first kappa shape index (κ1) is 17.6. The number of nitrogens with one attached hydrogen (secondary N) is 1. The lowest BCUT2D eigenvalue weighted by Gasteiger charge is -2.42. The number of rotatable bonds is 6. The third-order valence-electron chi connectivity index (χ3n) is 4.26. The summed E-state index contributed by atoms with van der Waals surface area (Å²) in [5.41, 5.74) is -2.62. The number of carbonyl (C=O) groups is 3. The molecule has 0 spiro atoms. The number of Topliss-reactive ketones (excluding diaryl/α,β-unsaturated/α-hetero) is 1. The third kappa shape index (κ3) is 2.81. The van der Waals surface area contributed by atoms with Crippen LogP contribution in [0.2, 0.25) is 0 Å². The molecule has 21 heavy (non-hydrogen) atoms. The Morgan fingerprint density at radius 3 is 1.62 bits per heavy atom. The van der Waals surface area contributed by atoms with Crippen molar-refractivity contribution in [2.45, 2.75) is 40.5 Å². The van der Waals surface area contributed by atoms with Crippen LogP contribution in [-0.2, 0) is 23.9 Å². The van der Waals surface area contributed by atoms with Gasteiger partial charge in [-0.2, -0.15) is 0 Å². The minimum atomic E-state index is -1.31. The second kappa shape index (κ2) is 7.02. The van der Waals surface area contributed by atoms with E-state index in [9.17, 15) is 14.4 Å². The highest BCUT2D eigenvalue weighted by atomic mass is 16.5. The van der Waals surface area contributed by atoms with Crippen LogP contribution in [0, 0.1) is 10.8 Å². The quantitative estimate of drug-likeness (QED) is 0.584. The first-order chi connectivity index (χ1) is 9.95. The van der Waals surface area contributed by atoms with Crippen LogP contribution in [0.25, 0.3) is 0 Å². The number of ether oxygens (including phenoxy) is 2. The summed E-state index contributed by atoms with van der Waals surface area (Å²) in [7, 11) is 0. The van der Waals surface area contributed by atoms with Crippen LogP contribution in [0.3, 0.4) is 0 Å². The molecule has 2 atom stereocenters. The van der Waals surface area contributed by atoms with Gasteiger partial charge in [0.15, 0.2) is 5.78 Å². The Bertz CT molecular complexity index is 386. The molecule has 0 radical (unpaired) electrons. The Labute approximate surface area is 125 Å². The summed E-state index contributed by atoms with van der Waals surface area (Å²) in [5, 5.41) is 3.05. The summed E-state index contributed by atoms with van der Waals surface area (Å²) >= 11 is 0. The average Bonchev–Trinajstić information content (AvgIpc) is 2.48. The SMILES string of the molecule is CCOC(=O)[C@@]1(CC)CNC[C@](CC)(C(=O)OCC)C1=O. The topological polar surface area (TPSA) is 81.7 Å². The van der Waals surface area contributed by atoms with Crippen LogP contribution in [0.5, 0.6) is 0 Å². The predicted molar refractivity (Wildman–Crippen MR) is 76.6 cm³/mol. The molecule has 0 aromatic heterocycles. The molecule has 0 aliphatic carbocycles. The monoisotopic (exact) mass is 299 g/mol. The molecule has 0 saturated carbocycles. The normalized spacial score (nSPS) is 29.0. The third-order valence-corrected chi connectivity index (χ3v) is 4.26. The average molecular weight is 299 g/mol. The van der Waals surface area contributed by atoms with E-state index in [1.807, 2.05) is 0 Å². The molecule has 0 bridgehead atoms. The molecule has 1 fully saturated rings. The first-order valence-corrected chi connectivity index (χ1v) is 7.55. The van der Waals surface area contributed by atoms with Crippen LogP contribution < -0.4 is 5.32 Å². The van der Waals surface area contributed by atoms with Crippen LogP contribution in [0.15, 0.2) is 0 Å². The highest BCUT2D eigenvalue weighted by Crippen LogP contribution is 2.40. The fraction of sp³-hybridized carbons (Fsp3) is 0.800. The highest BCUT2D eigenvalue weighted by Gasteiger charge is 2.60. The van der Waals surface area contributed by atoms with Gasteiger partial charge in [0.25, 0.3) is 0 Å². The van der Waals surface area contributed by atoms with Crippen molar-refractivity contribution in [2.75, 3.05) is 26.3 Å². The maximum absolute atomic E-state index is 13.0. The lowest BCUT2D eigenvalue weighted by Crippen LogP contribution is -2.64. The Kier molecular flexibility index (Phi) is 5.89. The maximum atomic E-state index is 13.0. The fourth-order valence-electron chi connectivity index (χ4n) is 2.84. The van der Waals surface area contributed by atoms with Gasteiger partial charge in [-0.15, -0.1) is 0 Å². The number of ketones is 1. The first-order valence-electron chi connectivity index (χ1n) is 7.55. The molecule has 1 N–H and O–H groups in total. The van der Waals surface area contributed by atoms with Crippen molar-refractivity contribution in [1.29, 1.82) is 0 Å². The second-order valence-corrected chi connectivity index (χ2v) is 5.24. The smallest absolute Gasteiger partial charge is 0.320 e. The molecular weight excluding hydrogens is 274 g/mol. The van der Waals surface area contributed by atoms with E-state index in [-0.39, 0.29) is 32.1 Å². The van der Waals surface area contributed by atoms with Gasteiger partial charge >= 0.3 is 11.9 Å². The van der Waals surface area contributed by atoms with E-state index in [4.69, 9.17) is 9.47 Å². The van der Waals surface area contributed by atoms with E-state index in [2.05, 4.69) is 5.32 Å². The summed E-state index contributed by atoms with van der Waals surface area (Å²) < 4.78 is 10.1. The number of hydrogen-bond donors (Lipinski definition) is 1. The maximum Gasteiger partial charge on any atom is 0.320 e. The van der Waals surface area contributed by atoms with Gasteiger partial charge in [0.2, 0.25) is 0 Å². The van der Waals surface area contributed by atoms with E-state index in [1.165, 1.54) is 0 Å². The van der Waals surface area contributed by atoms with Crippen molar-refractivity contribution in [3.8, 4) is 0 Å². The van der Waals surface area contributed by atoms with Gasteiger partial charge in [0.1, 0.15) is 10.8 Å². The molecule has 1 heterocycles. The van der Waals surface area contributed by atoms with Gasteiger partial charge in [0, 0.05) is 13.1 Å². The fourth-order valence-corrected chi connectivity index (χ4v) is 2.84. The summed E-state index contributed by atoms with van der Waals surface area (Å²) in [6, 6.07) is 0. The summed E-state index contributed by atoms with van der Waals surface area (Å²) in [6.07, 6.45) is 0.581. The van der Waals surface area contributed by atoms with Gasteiger partial charge in [-0.3, -0.25) is 14.4 Å². The lowest BCUT2D eigenvalue weighted by molar-refractivity contribution is -0.174. The van der Waals surface area contributed by atoms with E-state index in [0.717, 1.165) is 0 Å². The molecular formula is C15H25NO5. The lowest BCUT2D eigenvalue weighted by atomic mass is 9.64. The number of esters is 2. The Balaban J connectivity index is 3.23. The van der Waals surface area contributed by atoms with E-state index in [0.29, 0.717) is 12.8 Å². The standard InChI is InChI=1S/C15H25NO5/c1-5-14(12(18)20-7-3)9-16-10-15(6-2,11(14)17)13(19)21-8-4/h16H,5-10H2,1-4H3/t14-,15-/m0/s1. The zero-order chi connectivity index (χ0) is 16.1. The summed E-state index contributed by atoms with van der Waals surface area (Å²) in [5.74, 6) is -1.51. The minimum absolute atomic E-state index is 0.197. The van der Waals surface area contributed by atoms with Crippen LogP contribution >= 0.6 is 0 Å². The Morgan fingerprint density at radius 2 is 1.33 bits per heavy atom. The number of piperidine rings is 1. The molecule has 1 rings (SSSR count). The van der Waals surface area contributed by atoms with Crippen LogP contribution in [0.4, 0.5) is 0 Å². The minimum Gasteiger partial charge on any atom is -0.465 e. The van der Waals surface area contributed by atoms with E-state index >= 15 is 0 Å². The molecule has 0 amide bonds. The van der Waals surface area contributed by atoms with Crippen molar-refractivity contribution in [3.05, 3.63) is 0 Å². The van der Waals surface area contributed by atoms with Crippen molar-refractivity contribution >= 4 is 17.7 Å². The molecule has 120 valence electrons. The van der Waals surface area contributed by atoms with Gasteiger partial charge in [-0.1, -0.05) is 13.8 Å². The summed E-state index contributed by atoms with van der Waals surface area (Å²) in [4.78, 5) is 37.6.